The molecule has 2 aromatic rings. The Bertz CT molecular complexity index is 820. The summed E-state index contributed by atoms with van der Waals surface area (Å²) in [4.78, 5) is 23.8. The first-order valence-corrected chi connectivity index (χ1v) is 8.70. The molecule has 2 rings (SSSR count). The van der Waals surface area contributed by atoms with Crippen molar-refractivity contribution in [3.05, 3.63) is 51.8 Å². The summed E-state index contributed by atoms with van der Waals surface area (Å²) < 4.78 is 1.52. The number of nitrogens with zero attached hydrogens (tertiary/aromatic N) is 2. The van der Waals surface area contributed by atoms with Gasteiger partial charge in [0.1, 0.15) is 0 Å². The van der Waals surface area contributed by atoms with Crippen molar-refractivity contribution in [2.75, 3.05) is 0 Å². The van der Waals surface area contributed by atoms with Crippen molar-refractivity contribution < 1.29 is 14.7 Å². The predicted molar refractivity (Wildman–Crippen MR) is 101 cm³/mol. The number of aryl methyl sites for hydroxylation is 1. The lowest BCUT2D eigenvalue weighted by molar-refractivity contribution is -0.137. The maximum absolute atomic E-state index is 12.6. The number of carbonyl (C=O) groups excluding carboxylic acids is 1. The van der Waals surface area contributed by atoms with E-state index in [4.69, 9.17) is 11.6 Å². The van der Waals surface area contributed by atoms with Crippen LogP contribution in [0, 0.1) is 6.92 Å². The minimum absolute atomic E-state index is 0.0108. The van der Waals surface area contributed by atoms with Gasteiger partial charge in [0.15, 0.2) is 5.69 Å². The summed E-state index contributed by atoms with van der Waals surface area (Å²) in [6.45, 7) is 8.06. The van der Waals surface area contributed by atoms with Gasteiger partial charge >= 0.3 is 5.97 Å². The molecular formula is C19H24ClN3O3. The third kappa shape index (κ3) is 4.43. The van der Waals surface area contributed by atoms with Gasteiger partial charge in [-0.3, -0.25) is 14.3 Å². The van der Waals surface area contributed by atoms with E-state index in [0.717, 1.165) is 11.1 Å². The first-order valence-electron chi connectivity index (χ1n) is 8.33. The van der Waals surface area contributed by atoms with E-state index in [-0.39, 0.29) is 22.6 Å². The summed E-state index contributed by atoms with van der Waals surface area (Å²) in [6.07, 6.45) is -0.232. The molecule has 0 aliphatic rings. The Balaban J connectivity index is 2.28. The lowest BCUT2D eigenvalue weighted by Crippen LogP contribution is -2.31. The van der Waals surface area contributed by atoms with Gasteiger partial charge in [-0.1, -0.05) is 56.6 Å². The van der Waals surface area contributed by atoms with Gasteiger partial charge in [-0.25, -0.2) is 0 Å². The molecule has 26 heavy (non-hydrogen) atoms. The Kier molecular flexibility index (Phi) is 5.76. The summed E-state index contributed by atoms with van der Waals surface area (Å²) in [5.74, 6) is -1.50. The van der Waals surface area contributed by atoms with Crippen LogP contribution in [0.1, 0.15) is 60.5 Å². The van der Waals surface area contributed by atoms with Crippen molar-refractivity contribution in [1.29, 1.82) is 0 Å². The Morgan fingerprint density at radius 2 is 1.85 bits per heavy atom. The Morgan fingerprint density at radius 3 is 2.27 bits per heavy atom. The topological polar surface area (TPSA) is 84.2 Å². The van der Waals surface area contributed by atoms with Crippen LogP contribution in [0.4, 0.5) is 0 Å². The summed E-state index contributed by atoms with van der Waals surface area (Å²) in [5.41, 5.74) is 2.60. The fraction of sp³-hybridized carbons (Fsp3) is 0.421. The largest absolute Gasteiger partial charge is 0.481 e. The third-order valence-electron chi connectivity index (χ3n) is 4.34. The molecule has 0 saturated carbocycles. The zero-order valence-electron chi connectivity index (χ0n) is 15.6. The lowest BCUT2D eigenvalue weighted by atomic mass is 9.86. The third-order valence-corrected chi connectivity index (χ3v) is 4.79. The van der Waals surface area contributed by atoms with Gasteiger partial charge in [0.2, 0.25) is 0 Å². The van der Waals surface area contributed by atoms with Crippen molar-refractivity contribution in [3.63, 3.8) is 0 Å². The van der Waals surface area contributed by atoms with E-state index < -0.39 is 17.9 Å². The lowest BCUT2D eigenvalue weighted by Gasteiger charge is -2.21. The molecule has 1 heterocycles. The SMILES string of the molecule is Cc1c(Cl)c(C(=O)NC(CC(=O)O)c2ccc(C(C)(C)C)cc2)nn1C. The van der Waals surface area contributed by atoms with E-state index in [1.54, 1.807) is 14.0 Å². The number of carboxylic acids is 1. The number of benzene rings is 1. The van der Waals surface area contributed by atoms with Crippen molar-refractivity contribution in [2.24, 2.45) is 7.05 Å². The van der Waals surface area contributed by atoms with Crippen molar-refractivity contribution >= 4 is 23.5 Å². The van der Waals surface area contributed by atoms with Gasteiger partial charge in [-0.2, -0.15) is 5.10 Å². The average Bonchev–Trinajstić information content (AvgIpc) is 2.81. The smallest absolute Gasteiger partial charge is 0.305 e. The summed E-state index contributed by atoms with van der Waals surface area (Å²) in [6, 6.07) is 6.93. The molecular weight excluding hydrogens is 354 g/mol. The predicted octanol–water partition coefficient (Wildman–Crippen LogP) is 3.63. The summed E-state index contributed by atoms with van der Waals surface area (Å²) >= 11 is 6.15. The number of aromatic nitrogens is 2. The van der Waals surface area contributed by atoms with Crippen LogP contribution in [0.3, 0.4) is 0 Å². The fourth-order valence-electron chi connectivity index (χ4n) is 2.60. The maximum Gasteiger partial charge on any atom is 0.305 e. The summed E-state index contributed by atoms with van der Waals surface area (Å²) in [7, 11) is 1.69. The van der Waals surface area contributed by atoms with Crippen LogP contribution in [0.2, 0.25) is 5.02 Å². The number of halogens is 1. The minimum Gasteiger partial charge on any atom is -0.481 e. The van der Waals surface area contributed by atoms with Crippen LogP contribution in [-0.4, -0.2) is 26.8 Å². The van der Waals surface area contributed by atoms with Crippen LogP contribution < -0.4 is 5.32 Å². The molecule has 1 aromatic heterocycles. The molecule has 0 bridgehead atoms. The number of hydrogen-bond donors (Lipinski definition) is 2. The molecule has 0 radical (unpaired) electrons. The molecule has 0 spiro atoms. The number of nitrogens with one attached hydrogen (secondary N) is 1. The van der Waals surface area contributed by atoms with Crippen molar-refractivity contribution in [1.82, 2.24) is 15.1 Å². The molecule has 0 saturated heterocycles. The highest BCUT2D eigenvalue weighted by Crippen LogP contribution is 2.26. The van der Waals surface area contributed by atoms with Crippen molar-refractivity contribution in [2.45, 2.75) is 45.6 Å². The second kappa shape index (κ2) is 7.50. The van der Waals surface area contributed by atoms with E-state index in [0.29, 0.717) is 5.69 Å². The maximum atomic E-state index is 12.6. The number of amides is 1. The normalized spacial score (nSPS) is 12.7. The van der Waals surface area contributed by atoms with E-state index in [2.05, 4.69) is 31.2 Å². The number of carbonyl (C=O) groups is 2. The van der Waals surface area contributed by atoms with E-state index in [1.165, 1.54) is 4.68 Å². The van der Waals surface area contributed by atoms with Crippen LogP contribution in [0.5, 0.6) is 0 Å². The molecule has 1 unspecified atom stereocenters. The zero-order chi connectivity index (χ0) is 19.6. The van der Waals surface area contributed by atoms with Gasteiger partial charge in [-0.05, 0) is 23.5 Å². The summed E-state index contributed by atoms with van der Waals surface area (Å²) in [5, 5.41) is 16.3. The number of aliphatic carboxylic acids is 1. The number of carboxylic acid groups (broad SMARTS) is 1. The van der Waals surface area contributed by atoms with Gasteiger partial charge in [-0.15, -0.1) is 0 Å². The van der Waals surface area contributed by atoms with Gasteiger partial charge in [0.25, 0.3) is 5.91 Å². The zero-order valence-corrected chi connectivity index (χ0v) is 16.4. The van der Waals surface area contributed by atoms with Crippen LogP contribution in [-0.2, 0) is 17.3 Å². The Morgan fingerprint density at radius 1 is 1.27 bits per heavy atom. The Hall–Kier alpha value is -2.34. The van der Waals surface area contributed by atoms with E-state index in [9.17, 15) is 14.7 Å². The van der Waals surface area contributed by atoms with E-state index >= 15 is 0 Å². The molecule has 1 amide bonds. The van der Waals surface area contributed by atoms with Crippen LogP contribution in [0.15, 0.2) is 24.3 Å². The molecule has 0 aliphatic carbocycles. The first kappa shape index (κ1) is 20.0. The van der Waals surface area contributed by atoms with Crippen LogP contribution >= 0.6 is 11.6 Å². The number of rotatable bonds is 5. The van der Waals surface area contributed by atoms with Crippen molar-refractivity contribution in [3.8, 4) is 0 Å². The van der Waals surface area contributed by atoms with Gasteiger partial charge in [0, 0.05) is 7.05 Å². The molecule has 0 aliphatic heterocycles. The molecule has 140 valence electrons. The molecule has 1 aromatic carbocycles. The highest BCUT2D eigenvalue weighted by Gasteiger charge is 2.24. The highest BCUT2D eigenvalue weighted by molar-refractivity contribution is 6.34. The van der Waals surface area contributed by atoms with Gasteiger partial charge in [0.05, 0.1) is 23.2 Å². The Labute approximate surface area is 158 Å². The molecule has 6 nitrogen and oxygen atoms in total. The molecule has 2 N–H and O–H groups in total. The van der Waals surface area contributed by atoms with E-state index in [1.807, 2.05) is 24.3 Å². The standard InChI is InChI=1S/C19H24ClN3O3/c1-11-16(20)17(22-23(11)5)18(26)21-14(10-15(24)25)12-6-8-13(9-7-12)19(2,3)4/h6-9,14H,10H2,1-5H3,(H,21,26)(H,24,25). The van der Waals surface area contributed by atoms with Crippen LogP contribution in [0.25, 0.3) is 0 Å². The molecule has 1 atom stereocenters. The van der Waals surface area contributed by atoms with Gasteiger partial charge < -0.3 is 10.4 Å². The monoisotopic (exact) mass is 377 g/mol. The quantitative estimate of drug-likeness (QED) is 0.833. The number of hydrogen-bond acceptors (Lipinski definition) is 3. The first-order chi connectivity index (χ1) is 12.0. The second-order valence-corrected chi connectivity index (χ2v) is 7.75. The minimum atomic E-state index is -1.00. The second-order valence-electron chi connectivity index (χ2n) is 7.37. The molecule has 7 heteroatoms. The highest BCUT2D eigenvalue weighted by atomic mass is 35.5. The fourth-order valence-corrected chi connectivity index (χ4v) is 2.84. The average molecular weight is 378 g/mol. The molecule has 0 fully saturated rings.